The summed E-state index contributed by atoms with van der Waals surface area (Å²) in [5, 5.41) is 6.28. The molecule has 0 radical (unpaired) electrons. The Morgan fingerprint density at radius 3 is 2.47 bits per heavy atom. The van der Waals surface area contributed by atoms with E-state index in [0.29, 0.717) is 57.5 Å². The molecule has 1 atom stereocenters. The zero-order chi connectivity index (χ0) is 30.5. The first-order valence-corrected chi connectivity index (χ1v) is 14.3. The van der Waals surface area contributed by atoms with E-state index >= 15 is 0 Å². The van der Waals surface area contributed by atoms with Crippen molar-refractivity contribution in [1.82, 2.24) is 15.3 Å². The van der Waals surface area contributed by atoms with Gasteiger partial charge < -0.3 is 20.3 Å². The number of aryl methyl sites for hydroxylation is 1. The van der Waals surface area contributed by atoms with Gasteiger partial charge in [0.1, 0.15) is 0 Å². The summed E-state index contributed by atoms with van der Waals surface area (Å²) in [4.78, 5) is 48.2. The number of anilines is 2. The number of carbonyl (C=O) groups excluding carboxylic acids is 3. The molecule has 2 amide bonds. The van der Waals surface area contributed by atoms with Crippen LogP contribution in [-0.2, 0) is 14.4 Å². The predicted octanol–water partition coefficient (Wildman–Crippen LogP) is 4.01. The molecule has 0 spiro atoms. The monoisotopic (exact) mass is 583 g/mol. The van der Waals surface area contributed by atoms with Crippen molar-refractivity contribution < 1.29 is 24.0 Å². The number of likely N-dealkylation sites (N-methyl/N-ethyl adjacent to an activating group) is 1. The topological polar surface area (TPSA) is 112 Å². The van der Waals surface area contributed by atoms with Gasteiger partial charge in [-0.2, -0.15) is 0 Å². The highest BCUT2D eigenvalue weighted by Crippen LogP contribution is 2.39. The van der Waals surface area contributed by atoms with Gasteiger partial charge in [0.25, 0.3) is 11.8 Å². The third-order valence-corrected chi connectivity index (χ3v) is 7.90. The molecule has 2 heterocycles. The first kappa shape index (κ1) is 30.0. The number of hydroxylamine groups is 1. The highest BCUT2D eigenvalue weighted by atomic mass is 16.7. The Balaban J connectivity index is 1.30. The summed E-state index contributed by atoms with van der Waals surface area (Å²) in [5.74, 6) is -1.09. The van der Waals surface area contributed by atoms with Gasteiger partial charge in [-0.1, -0.05) is 30.3 Å². The maximum atomic E-state index is 13.3. The van der Waals surface area contributed by atoms with Crippen molar-refractivity contribution in [3.8, 4) is 0 Å². The van der Waals surface area contributed by atoms with Crippen LogP contribution in [-0.4, -0.2) is 81.1 Å². The van der Waals surface area contributed by atoms with E-state index < -0.39 is 5.97 Å². The van der Waals surface area contributed by atoms with Crippen molar-refractivity contribution in [3.05, 3.63) is 94.5 Å². The fourth-order valence-corrected chi connectivity index (χ4v) is 5.42. The van der Waals surface area contributed by atoms with Crippen molar-refractivity contribution in [3.63, 3.8) is 0 Å². The predicted molar refractivity (Wildman–Crippen MR) is 166 cm³/mol. The Bertz CT molecular complexity index is 1540. The highest BCUT2D eigenvalue weighted by molar-refractivity contribution is 6.37. The average molecular weight is 584 g/mol. The molecule has 3 aromatic carbocycles. The number of nitrogens with zero attached hydrogens (tertiary/aromatic N) is 2. The van der Waals surface area contributed by atoms with Crippen LogP contribution in [0, 0.1) is 6.92 Å². The summed E-state index contributed by atoms with van der Waals surface area (Å²) in [7, 11) is 5.52. The molecule has 5 rings (SSSR count). The minimum atomic E-state index is -0.465. The summed E-state index contributed by atoms with van der Waals surface area (Å²) >= 11 is 0. The van der Waals surface area contributed by atoms with Crippen molar-refractivity contribution in [1.29, 1.82) is 0 Å². The quantitative estimate of drug-likeness (QED) is 0.142. The lowest BCUT2D eigenvalue weighted by Gasteiger charge is -2.20. The highest BCUT2D eigenvalue weighted by Gasteiger charge is 2.30. The lowest BCUT2D eigenvalue weighted by molar-refractivity contribution is -0.110. The number of nitrogens with one attached hydrogen (secondary N) is 3. The standard InChI is InChI=1S/C33H37N5O5/c1-21-18-27-28(19-26(21)33(41)42-4)35-32(40)29(27)30(22-8-6-5-7-9-22)34-24-12-10-23(11-13-24)31(39)36-43-17-16-38-15-14-25(20-38)37(2)3/h5-13,18-19,25,34H,14-17,20H2,1-4H3,(H,35,40)(H,36,39)/b30-29-/t25-/m0/s1. The SMILES string of the molecule is COC(=O)c1cc2c(cc1C)/C(=C(/Nc1ccc(C(=O)NOCCN3CC[C@H](N(C)C)C3)cc1)c1ccccc1)C(=O)N2. The van der Waals surface area contributed by atoms with Gasteiger partial charge in [-0.15, -0.1) is 0 Å². The van der Waals surface area contributed by atoms with Crippen molar-refractivity contribution in [2.24, 2.45) is 0 Å². The minimum Gasteiger partial charge on any atom is -0.465 e. The molecule has 224 valence electrons. The van der Waals surface area contributed by atoms with Gasteiger partial charge in [-0.05, 0) is 81.5 Å². The summed E-state index contributed by atoms with van der Waals surface area (Å²) in [5.41, 5.74) is 7.84. The Kier molecular flexibility index (Phi) is 9.20. The van der Waals surface area contributed by atoms with Crippen LogP contribution in [0.4, 0.5) is 11.4 Å². The van der Waals surface area contributed by atoms with Crippen LogP contribution in [0.2, 0.25) is 0 Å². The van der Waals surface area contributed by atoms with E-state index in [0.717, 1.165) is 31.6 Å². The lowest BCUT2D eigenvalue weighted by Crippen LogP contribution is -2.34. The van der Waals surface area contributed by atoms with E-state index in [1.54, 1.807) is 30.3 Å². The number of likely N-dealkylation sites (tertiary alicyclic amines) is 1. The van der Waals surface area contributed by atoms with Crippen molar-refractivity contribution in [2.75, 3.05) is 58.1 Å². The second kappa shape index (κ2) is 13.2. The molecule has 0 aliphatic carbocycles. The molecule has 1 fully saturated rings. The molecule has 1 saturated heterocycles. The molecule has 0 unspecified atom stereocenters. The van der Waals surface area contributed by atoms with Gasteiger partial charge in [-0.25, -0.2) is 10.3 Å². The fourth-order valence-electron chi connectivity index (χ4n) is 5.42. The van der Waals surface area contributed by atoms with Crippen LogP contribution >= 0.6 is 0 Å². The Morgan fingerprint density at radius 1 is 1.05 bits per heavy atom. The summed E-state index contributed by atoms with van der Waals surface area (Å²) in [6.07, 6.45) is 1.13. The Morgan fingerprint density at radius 2 is 1.79 bits per heavy atom. The van der Waals surface area contributed by atoms with Crippen molar-refractivity contribution >= 4 is 40.4 Å². The number of ether oxygens (including phenoxy) is 1. The Hall–Kier alpha value is -4.51. The summed E-state index contributed by atoms with van der Waals surface area (Å²) in [6.45, 7) is 5.00. The zero-order valence-electron chi connectivity index (χ0n) is 24.9. The van der Waals surface area contributed by atoms with Crippen LogP contribution in [0.1, 0.15) is 43.8 Å². The van der Waals surface area contributed by atoms with Gasteiger partial charge >= 0.3 is 5.97 Å². The van der Waals surface area contributed by atoms with Crippen LogP contribution < -0.4 is 16.1 Å². The Labute approximate surface area is 251 Å². The molecule has 3 N–H and O–H groups in total. The maximum absolute atomic E-state index is 13.3. The molecule has 10 heteroatoms. The van der Waals surface area contributed by atoms with Gasteiger partial charge in [0.2, 0.25) is 0 Å². The van der Waals surface area contributed by atoms with E-state index in [-0.39, 0.29) is 11.8 Å². The van der Waals surface area contributed by atoms with E-state index in [1.165, 1.54) is 7.11 Å². The number of esters is 1. The fraction of sp³-hybridized carbons (Fsp3) is 0.303. The average Bonchev–Trinajstić information content (AvgIpc) is 3.62. The van der Waals surface area contributed by atoms with Crippen molar-refractivity contribution in [2.45, 2.75) is 19.4 Å². The van der Waals surface area contributed by atoms with Gasteiger partial charge in [0.05, 0.1) is 36.2 Å². The third-order valence-electron chi connectivity index (χ3n) is 7.90. The first-order valence-electron chi connectivity index (χ1n) is 14.3. The lowest BCUT2D eigenvalue weighted by atomic mass is 9.96. The molecular weight excluding hydrogens is 546 g/mol. The smallest absolute Gasteiger partial charge is 0.338 e. The first-order chi connectivity index (χ1) is 20.7. The van der Waals surface area contributed by atoms with Crippen LogP contribution in [0.5, 0.6) is 0 Å². The normalized spacial score (nSPS) is 17.4. The van der Waals surface area contributed by atoms with Crippen LogP contribution in [0.3, 0.4) is 0 Å². The second-order valence-corrected chi connectivity index (χ2v) is 11.0. The molecular formula is C33H37N5O5. The largest absolute Gasteiger partial charge is 0.465 e. The number of fused-ring (bicyclic) bond motifs is 1. The molecule has 10 nitrogen and oxygen atoms in total. The molecule has 0 saturated carbocycles. The number of benzene rings is 3. The van der Waals surface area contributed by atoms with Gasteiger partial charge in [0, 0.05) is 35.9 Å². The second-order valence-electron chi connectivity index (χ2n) is 11.0. The maximum Gasteiger partial charge on any atom is 0.338 e. The number of methoxy groups -OCH3 is 1. The molecule has 2 aliphatic heterocycles. The van der Waals surface area contributed by atoms with E-state index in [9.17, 15) is 14.4 Å². The molecule has 0 aromatic heterocycles. The van der Waals surface area contributed by atoms with E-state index in [2.05, 4.69) is 40.0 Å². The minimum absolute atomic E-state index is 0.290. The number of hydrogen-bond donors (Lipinski definition) is 3. The number of hydrogen-bond acceptors (Lipinski definition) is 8. The molecule has 3 aromatic rings. The summed E-state index contributed by atoms with van der Waals surface area (Å²) < 4.78 is 4.90. The third kappa shape index (κ3) is 6.77. The number of amides is 2. The van der Waals surface area contributed by atoms with E-state index in [1.807, 2.05) is 43.3 Å². The summed E-state index contributed by atoms with van der Waals surface area (Å²) in [6, 6.07) is 20.5. The molecule has 2 aliphatic rings. The zero-order valence-corrected chi connectivity index (χ0v) is 24.9. The van der Waals surface area contributed by atoms with Crippen LogP contribution in [0.25, 0.3) is 11.3 Å². The van der Waals surface area contributed by atoms with Crippen LogP contribution in [0.15, 0.2) is 66.7 Å². The van der Waals surface area contributed by atoms with Gasteiger partial charge in [-0.3, -0.25) is 19.3 Å². The van der Waals surface area contributed by atoms with Gasteiger partial charge in [0.15, 0.2) is 0 Å². The molecule has 0 bridgehead atoms. The van der Waals surface area contributed by atoms with E-state index in [4.69, 9.17) is 9.57 Å². The number of rotatable bonds is 10. The molecule has 43 heavy (non-hydrogen) atoms. The number of carbonyl (C=O) groups is 3.